The normalized spacial score (nSPS) is 17.9. The molecule has 0 aliphatic heterocycles. The topological polar surface area (TPSA) is 110 Å². The summed E-state index contributed by atoms with van der Waals surface area (Å²) < 4.78 is 23.4. The molecule has 122 valence electrons. The van der Waals surface area contributed by atoms with Crippen molar-refractivity contribution in [3.05, 3.63) is 28.3 Å². The zero-order valence-corrected chi connectivity index (χ0v) is 13.2. The Kier molecular flexibility index (Phi) is 4.72. The minimum atomic E-state index is -3.70. The minimum absolute atomic E-state index is 0.300. The molecule has 22 heavy (non-hydrogen) atoms. The maximum Gasteiger partial charge on any atom is 0.288 e. The summed E-state index contributed by atoms with van der Waals surface area (Å²) in [5.74, 6) is 0. The molecule has 1 saturated carbocycles. The van der Waals surface area contributed by atoms with Gasteiger partial charge in [-0.2, -0.15) is 0 Å². The quantitative estimate of drug-likeness (QED) is 0.633. The van der Waals surface area contributed by atoms with Gasteiger partial charge in [0.1, 0.15) is 4.90 Å². The largest absolute Gasteiger partial charge is 0.388 e. The summed E-state index contributed by atoms with van der Waals surface area (Å²) in [4.78, 5) is 9.88. The molecule has 0 bridgehead atoms. The summed E-state index contributed by atoms with van der Waals surface area (Å²) in [5.41, 5.74) is -0.792. The Morgan fingerprint density at radius 2 is 1.95 bits per heavy atom. The van der Waals surface area contributed by atoms with E-state index in [0.29, 0.717) is 25.1 Å². The summed E-state index contributed by atoms with van der Waals surface area (Å²) in [7, 11) is -3.70. The SMILES string of the molecule is CS(=O)(=O)c1cc(NCC2(O)CCCCC2)ccc1[N+](=O)[O-]. The van der Waals surface area contributed by atoms with Crippen molar-refractivity contribution in [2.24, 2.45) is 0 Å². The van der Waals surface area contributed by atoms with Crippen molar-refractivity contribution < 1.29 is 18.4 Å². The van der Waals surface area contributed by atoms with Gasteiger partial charge in [0, 0.05) is 24.6 Å². The first-order valence-corrected chi connectivity index (χ1v) is 9.05. The molecule has 0 radical (unpaired) electrons. The third-order valence-corrected chi connectivity index (χ3v) is 5.09. The van der Waals surface area contributed by atoms with Crippen LogP contribution in [0.25, 0.3) is 0 Å². The highest BCUT2D eigenvalue weighted by atomic mass is 32.2. The maximum absolute atomic E-state index is 11.7. The van der Waals surface area contributed by atoms with Crippen molar-refractivity contribution in [1.82, 2.24) is 0 Å². The minimum Gasteiger partial charge on any atom is -0.388 e. The Morgan fingerprint density at radius 1 is 1.32 bits per heavy atom. The second-order valence-corrected chi connectivity index (χ2v) is 7.83. The molecule has 1 fully saturated rings. The number of nitro groups is 1. The van der Waals surface area contributed by atoms with E-state index in [4.69, 9.17) is 0 Å². The highest BCUT2D eigenvalue weighted by molar-refractivity contribution is 7.90. The fourth-order valence-electron chi connectivity index (χ4n) is 2.73. The zero-order chi connectivity index (χ0) is 16.4. The average Bonchev–Trinajstić information content (AvgIpc) is 2.45. The number of nitrogens with zero attached hydrogens (tertiary/aromatic N) is 1. The molecule has 0 amide bonds. The number of sulfone groups is 1. The summed E-state index contributed by atoms with van der Waals surface area (Å²) in [5, 5.41) is 24.3. The van der Waals surface area contributed by atoms with Crippen LogP contribution in [0.15, 0.2) is 23.1 Å². The Labute approximate surface area is 129 Å². The van der Waals surface area contributed by atoms with Gasteiger partial charge in [-0.3, -0.25) is 10.1 Å². The van der Waals surface area contributed by atoms with E-state index in [0.717, 1.165) is 25.5 Å². The lowest BCUT2D eigenvalue weighted by Gasteiger charge is -2.32. The molecule has 0 aromatic heterocycles. The van der Waals surface area contributed by atoms with E-state index in [9.17, 15) is 23.6 Å². The van der Waals surface area contributed by atoms with Crippen LogP contribution in [0.1, 0.15) is 32.1 Å². The van der Waals surface area contributed by atoms with Crippen molar-refractivity contribution in [3.63, 3.8) is 0 Å². The molecule has 2 N–H and O–H groups in total. The molecule has 0 atom stereocenters. The third-order valence-electron chi connectivity index (χ3n) is 3.96. The van der Waals surface area contributed by atoms with E-state index in [-0.39, 0.29) is 4.90 Å². The lowest BCUT2D eigenvalue weighted by Crippen LogP contribution is -2.38. The Bertz CT molecular complexity index is 666. The average molecular weight is 328 g/mol. The number of nitrogens with one attached hydrogen (secondary N) is 1. The first kappa shape index (κ1) is 16.7. The van der Waals surface area contributed by atoms with Crippen molar-refractivity contribution in [2.45, 2.75) is 42.6 Å². The third kappa shape index (κ3) is 3.95. The van der Waals surface area contributed by atoms with Crippen LogP contribution >= 0.6 is 0 Å². The number of aliphatic hydroxyl groups is 1. The molecule has 1 aromatic carbocycles. The number of rotatable bonds is 5. The van der Waals surface area contributed by atoms with Gasteiger partial charge >= 0.3 is 0 Å². The lowest BCUT2D eigenvalue weighted by atomic mass is 9.85. The first-order chi connectivity index (χ1) is 10.2. The molecule has 8 heteroatoms. The highest BCUT2D eigenvalue weighted by Crippen LogP contribution is 2.30. The monoisotopic (exact) mass is 328 g/mol. The van der Waals surface area contributed by atoms with Crippen molar-refractivity contribution in [3.8, 4) is 0 Å². The molecule has 1 aliphatic carbocycles. The van der Waals surface area contributed by atoms with Crippen LogP contribution in [0.2, 0.25) is 0 Å². The van der Waals surface area contributed by atoms with Gasteiger partial charge in [-0.25, -0.2) is 8.42 Å². The van der Waals surface area contributed by atoms with E-state index in [1.165, 1.54) is 18.2 Å². The highest BCUT2D eigenvalue weighted by Gasteiger charge is 2.29. The molecule has 1 aromatic rings. The maximum atomic E-state index is 11.7. The summed E-state index contributed by atoms with van der Waals surface area (Å²) >= 11 is 0. The molecule has 0 heterocycles. The number of nitro benzene ring substituents is 1. The second-order valence-electron chi connectivity index (χ2n) is 5.85. The summed E-state index contributed by atoms with van der Waals surface area (Å²) in [6, 6.07) is 3.88. The van der Waals surface area contributed by atoms with Crippen LogP contribution in [0, 0.1) is 10.1 Å². The fraction of sp³-hybridized carbons (Fsp3) is 0.571. The van der Waals surface area contributed by atoms with Gasteiger partial charge < -0.3 is 10.4 Å². The summed E-state index contributed by atoms with van der Waals surface area (Å²) in [6.45, 7) is 0.300. The standard InChI is InChI=1S/C14H20N2O5S/c1-22(20,21)13-9-11(5-6-12(13)16(18)19)15-10-14(17)7-3-2-4-8-14/h5-6,9,15,17H,2-4,7-8,10H2,1H3. The van der Waals surface area contributed by atoms with Gasteiger partial charge in [0.25, 0.3) is 5.69 Å². The van der Waals surface area contributed by atoms with Gasteiger partial charge in [-0.15, -0.1) is 0 Å². The van der Waals surface area contributed by atoms with E-state index in [1.54, 1.807) is 0 Å². The summed E-state index contributed by atoms with van der Waals surface area (Å²) in [6.07, 6.45) is 5.38. The van der Waals surface area contributed by atoms with Crippen LogP contribution in [0.5, 0.6) is 0 Å². The van der Waals surface area contributed by atoms with Gasteiger partial charge in [0.2, 0.25) is 0 Å². The van der Waals surface area contributed by atoms with Gasteiger partial charge in [-0.05, 0) is 25.0 Å². The molecule has 7 nitrogen and oxygen atoms in total. The van der Waals surface area contributed by atoms with Crippen molar-refractivity contribution in [2.75, 3.05) is 18.1 Å². The smallest absolute Gasteiger partial charge is 0.288 e. The van der Waals surface area contributed by atoms with E-state index < -0.39 is 26.0 Å². The first-order valence-electron chi connectivity index (χ1n) is 7.16. The Hall–Kier alpha value is -1.67. The number of anilines is 1. The fourth-order valence-corrected chi connectivity index (χ4v) is 3.59. The van der Waals surface area contributed by atoms with Crippen molar-refractivity contribution in [1.29, 1.82) is 0 Å². The van der Waals surface area contributed by atoms with Gasteiger partial charge in [-0.1, -0.05) is 19.3 Å². The van der Waals surface area contributed by atoms with Crippen LogP contribution in [0.3, 0.4) is 0 Å². The van der Waals surface area contributed by atoms with E-state index >= 15 is 0 Å². The second kappa shape index (κ2) is 6.21. The van der Waals surface area contributed by atoms with Gasteiger partial charge in [0.05, 0.1) is 10.5 Å². The van der Waals surface area contributed by atoms with E-state index in [2.05, 4.69) is 5.32 Å². The number of hydrogen-bond donors (Lipinski definition) is 2. The van der Waals surface area contributed by atoms with Crippen molar-refractivity contribution >= 4 is 21.2 Å². The Morgan fingerprint density at radius 3 is 2.50 bits per heavy atom. The van der Waals surface area contributed by atoms with Crippen LogP contribution in [0.4, 0.5) is 11.4 Å². The van der Waals surface area contributed by atoms with Gasteiger partial charge in [0.15, 0.2) is 9.84 Å². The predicted molar refractivity (Wildman–Crippen MR) is 82.7 cm³/mol. The Balaban J connectivity index is 2.20. The number of hydrogen-bond acceptors (Lipinski definition) is 6. The number of benzene rings is 1. The molecule has 0 saturated heterocycles. The molecular formula is C14H20N2O5S. The van der Waals surface area contributed by atoms with Crippen LogP contribution in [-0.4, -0.2) is 36.8 Å². The molecule has 1 aliphatic rings. The van der Waals surface area contributed by atoms with Crippen LogP contribution in [-0.2, 0) is 9.84 Å². The molecular weight excluding hydrogens is 308 g/mol. The molecule has 2 rings (SSSR count). The predicted octanol–water partition coefficient (Wildman–Crippen LogP) is 2.11. The molecule has 0 spiro atoms. The van der Waals surface area contributed by atoms with E-state index in [1.807, 2.05) is 0 Å². The molecule has 0 unspecified atom stereocenters. The van der Waals surface area contributed by atoms with Crippen LogP contribution < -0.4 is 5.32 Å². The zero-order valence-electron chi connectivity index (χ0n) is 12.4. The lowest BCUT2D eigenvalue weighted by molar-refractivity contribution is -0.387.